The molecule has 0 aliphatic carbocycles. The Morgan fingerprint density at radius 2 is 1.93 bits per heavy atom. The predicted octanol–water partition coefficient (Wildman–Crippen LogP) is 4.42. The van der Waals surface area contributed by atoms with Gasteiger partial charge in [-0.3, -0.25) is 14.9 Å². The van der Waals surface area contributed by atoms with Crippen LogP contribution in [0.4, 0.5) is 5.13 Å². The van der Waals surface area contributed by atoms with Gasteiger partial charge in [-0.15, -0.1) is 11.3 Å². The highest BCUT2D eigenvalue weighted by atomic mass is 32.1. The van der Waals surface area contributed by atoms with Crippen LogP contribution in [0.5, 0.6) is 0 Å². The van der Waals surface area contributed by atoms with Crippen molar-refractivity contribution in [1.29, 1.82) is 0 Å². The summed E-state index contributed by atoms with van der Waals surface area (Å²) >= 11 is 1.29. The van der Waals surface area contributed by atoms with Gasteiger partial charge in [0.05, 0.1) is 30.0 Å². The molecule has 2 N–H and O–H groups in total. The zero-order valence-electron chi connectivity index (χ0n) is 16.1. The number of rotatable bonds is 7. The molecule has 0 saturated carbocycles. The van der Waals surface area contributed by atoms with Crippen molar-refractivity contribution in [3.63, 3.8) is 0 Å². The predicted molar refractivity (Wildman–Crippen MR) is 110 cm³/mol. The smallest absolute Gasteiger partial charge is 0.260 e. The maximum absolute atomic E-state index is 12.4. The van der Waals surface area contributed by atoms with Crippen LogP contribution < -0.4 is 10.6 Å². The summed E-state index contributed by atoms with van der Waals surface area (Å²) in [5.41, 5.74) is 3.37. The third-order valence-electron chi connectivity index (χ3n) is 4.44. The Morgan fingerprint density at radius 1 is 1.18 bits per heavy atom. The minimum Gasteiger partial charge on any atom is -0.469 e. The van der Waals surface area contributed by atoms with Crippen LogP contribution >= 0.6 is 11.3 Å². The van der Waals surface area contributed by atoms with Crippen molar-refractivity contribution in [3.05, 3.63) is 70.1 Å². The Balaban J connectivity index is 1.58. The van der Waals surface area contributed by atoms with E-state index in [9.17, 15) is 9.59 Å². The monoisotopic (exact) mass is 397 g/mol. The molecular formula is C21H23N3O3S. The molecule has 2 heterocycles. The van der Waals surface area contributed by atoms with Gasteiger partial charge in [-0.25, -0.2) is 4.98 Å². The van der Waals surface area contributed by atoms with E-state index in [1.54, 1.807) is 18.4 Å². The number of carbonyl (C=O) groups is 2. The molecule has 0 fully saturated rings. The van der Waals surface area contributed by atoms with E-state index in [0.29, 0.717) is 22.1 Å². The summed E-state index contributed by atoms with van der Waals surface area (Å²) in [6, 6.07) is 9.75. The summed E-state index contributed by atoms with van der Waals surface area (Å²) in [6.45, 7) is 5.81. The highest BCUT2D eigenvalue weighted by molar-refractivity contribution is 7.14. The SMILES string of the molecule is CC[C@@H](NC(=O)Cc1csc(NC(=O)c2ccoc2C)n1)c1ccc(C)cc1. The molecule has 1 aromatic carbocycles. The summed E-state index contributed by atoms with van der Waals surface area (Å²) < 4.78 is 5.14. The molecule has 0 unspecified atom stereocenters. The van der Waals surface area contributed by atoms with Gasteiger partial charge in [-0.05, 0) is 31.9 Å². The van der Waals surface area contributed by atoms with Gasteiger partial charge >= 0.3 is 0 Å². The van der Waals surface area contributed by atoms with Crippen LogP contribution in [0.25, 0.3) is 0 Å². The van der Waals surface area contributed by atoms with Gasteiger partial charge in [0, 0.05) is 5.38 Å². The number of aromatic nitrogens is 1. The van der Waals surface area contributed by atoms with Crippen molar-refractivity contribution in [2.24, 2.45) is 0 Å². The number of benzene rings is 1. The summed E-state index contributed by atoms with van der Waals surface area (Å²) in [4.78, 5) is 29.0. The lowest BCUT2D eigenvalue weighted by Crippen LogP contribution is -2.29. The lowest BCUT2D eigenvalue weighted by Gasteiger charge is -2.17. The first-order chi connectivity index (χ1) is 13.5. The number of nitrogens with zero attached hydrogens (tertiary/aromatic N) is 1. The number of thiazole rings is 1. The van der Waals surface area contributed by atoms with Crippen LogP contribution in [0.3, 0.4) is 0 Å². The van der Waals surface area contributed by atoms with Crippen LogP contribution in [0.2, 0.25) is 0 Å². The molecule has 0 spiro atoms. The topological polar surface area (TPSA) is 84.2 Å². The molecule has 0 bridgehead atoms. The van der Waals surface area contributed by atoms with Gasteiger partial charge in [-0.1, -0.05) is 36.8 Å². The summed E-state index contributed by atoms with van der Waals surface area (Å²) in [5.74, 6) is 0.179. The molecular weight excluding hydrogens is 374 g/mol. The van der Waals surface area contributed by atoms with Crippen LogP contribution in [0.15, 0.2) is 46.4 Å². The molecule has 0 saturated heterocycles. The van der Waals surface area contributed by atoms with E-state index >= 15 is 0 Å². The second kappa shape index (κ2) is 8.84. The lowest BCUT2D eigenvalue weighted by atomic mass is 10.0. The van der Waals surface area contributed by atoms with E-state index in [0.717, 1.165) is 12.0 Å². The first-order valence-electron chi connectivity index (χ1n) is 9.12. The van der Waals surface area contributed by atoms with Crippen molar-refractivity contribution in [3.8, 4) is 0 Å². The molecule has 7 heteroatoms. The molecule has 0 radical (unpaired) electrons. The minimum absolute atomic E-state index is 0.0324. The Labute approximate surface area is 168 Å². The number of hydrogen-bond donors (Lipinski definition) is 2. The van der Waals surface area contributed by atoms with Crippen LogP contribution in [-0.2, 0) is 11.2 Å². The average Bonchev–Trinajstić information content (AvgIpc) is 3.29. The molecule has 0 aliphatic heterocycles. The van der Waals surface area contributed by atoms with Gasteiger partial charge in [-0.2, -0.15) is 0 Å². The number of aryl methyl sites for hydroxylation is 2. The van der Waals surface area contributed by atoms with Gasteiger partial charge in [0.2, 0.25) is 5.91 Å². The van der Waals surface area contributed by atoms with Gasteiger partial charge in [0.25, 0.3) is 5.91 Å². The molecule has 6 nitrogen and oxygen atoms in total. The molecule has 3 aromatic rings. The average molecular weight is 398 g/mol. The summed E-state index contributed by atoms with van der Waals surface area (Å²) in [6.07, 6.45) is 2.44. The summed E-state index contributed by atoms with van der Waals surface area (Å²) in [7, 11) is 0. The minimum atomic E-state index is -0.276. The Hall–Kier alpha value is -2.93. The number of nitrogens with one attached hydrogen (secondary N) is 2. The van der Waals surface area contributed by atoms with Crippen LogP contribution in [-0.4, -0.2) is 16.8 Å². The number of hydrogen-bond acceptors (Lipinski definition) is 5. The van der Waals surface area contributed by atoms with Gasteiger partial charge in [0.15, 0.2) is 5.13 Å². The van der Waals surface area contributed by atoms with Gasteiger partial charge < -0.3 is 9.73 Å². The quantitative estimate of drug-likeness (QED) is 0.618. The highest BCUT2D eigenvalue weighted by Crippen LogP contribution is 2.20. The number of furan rings is 1. The first kappa shape index (κ1) is 19.8. The lowest BCUT2D eigenvalue weighted by molar-refractivity contribution is -0.121. The van der Waals surface area contributed by atoms with E-state index in [1.165, 1.54) is 23.2 Å². The molecule has 3 rings (SSSR count). The van der Waals surface area contributed by atoms with E-state index in [2.05, 4.69) is 15.6 Å². The van der Waals surface area contributed by atoms with Gasteiger partial charge in [0.1, 0.15) is 5.76 Å². The standard InChI is InChI=1S/C21H23N3O3S/c1-4-18(15-7-5-13(2)6-8-15)23-19(25)11-16-12-28-21(22-16)24-20(26)17-9-10-27-14(17)3/h5-10,12,18H,4,11H2,1-3H3,(H,23,25)(H,22,24,26)/t18-/m1/s1. The maximum atomic E-state index is 12.4. The van der Waals surface area contributed by atoms with Crippen molar-refractivity contribution >= 4 is 28.3 Å². The molecule has 146 valence electrons. The van der Waals surface area contributed by atoms with E-state index < -0.39 is 0 Å². The second-order valence-electron chi connectivity index (χ2n) is 6.60. The fourth-order valence-corrected chi connectivity index (χ4v) is 3.57. The second-order valence-corrected chi connectivity index (χ2v) is 7.46. The van der Waals surface area contributed by atoms with Crippen molar-refractivity contribution in [2.75, 3.05) is 5.32 Å². The first-order valence-corrected chi connectivity index (χ1v) is 10.00. The largest absolute Gasteiger partial charge is 0.469 e. The number of amides is 2. The Kier molecular flexibility index (Phi) is 6.26. The van der Waals surface area contributed by atoms with Crippen molar-refractivity contribution < 1.29 is 14.0 Å². The zero-order chi connectivity index (χ0) is 20.1. The number of anilines is 1. The highest BCUT2D eigenvalue weighted by Gasteiger charge is 2.16. The third kappa shape index (κ3) is 4.86. The van der Waals surface area contributed by atoms with E-state index in [4.69, 9.17) is 4.42 Å². The van der Waals surface area contributed by atoms with E-state index in [-0.39, 0.29) is 24.3 Å². The van der Waals surface area contributed by atoms with Crippen molar-refractivity contribution in [1.82, 2.24) is 10.3 Å². The molecule has 2 aromatic heterocycles. The normalized spacial score (nSPS) is 11.8. The maximum Gasteiger partial charge on any atom is 0.260 e. The Morgan fingerprint density at radius 3 is 2.57 bits per heavy atom. The van der Waals surface area contributed by atoms with Crippen LogP contribution in [0.1, 0.15) is 52.3 Å². The third-order valence-corrected chi connectivity index (χ3v) is 5.25. The summed E-state index contributed by atoms with van der Waals surface area (Å²) in [5, 5.41) is 8.03. The number of carbonyl (C=O) groups excluding carboxylic acids is 2. The Bertz CT molecular complexity index is 959. The van der Waals surface area contributed by atoms with Crippen LogP contribution in [0, 0.1) is 13.8 Å². The molecule has 28 heavy (non-hydrogen) atoms. The molecule has 1 atom stereocenters. The zero-order valence-corrected chi connectivity index (χ0v) is 16.9. The fourth-order valence-electron chi connectivity index (χ4n) is 2.86. The molecule has 2 amide bonds. The van der Waals surface area contributed by atoms with E-state index in [1.807, 2.05) is 38.1 Å². The molecule has 0 aliphatic rings. The van der Waals surface area contributed by atoms with Crippen molar-refractivity contribution in [2.45, 2.75) is 39.7 Å². The fraction of sp³-hybridized carbons (Fsp3) is 0.286.